The molecule has 2 saturated heterocycles. The quantitative estimate of drug-likeness (QED) is 0.844. The van der Waals surface area contributed by atoms with Crippen LogP contribution in [-0.4, -0.2) is 83.8 Å². The lowest BCUT2D eigenvalue weighted by molar-refractivity contribution is 0.0299. The number of aromatic nitrogens is 2. The lowest BCUT2D eigenvalue weighted by Crippen LogP contribution is -2.43. The molecule has 0 saturated carbocycles. The molecule has 1 aromatic heterocycles. The predicted molar refractivity (Wildman–Crippen MR) is 98.7 cm³/mol. The molecular formula is C18H27N5O4. The number of carbonyl (C=O) groups excluding carboxylic acids is 2. The summed E-state index contributed by atoms with van der Waals surface area (Å²) in [6, 6.07) is 1.90. The second-order valence-corrected chi connectivity index (χ2v) is 6.69. The molecule has 3 rings (SSSR count). The second kappa shape index (κ2) is 8.98. The lowest BCUT2D eigenvalue weighted by Gasteiger charge is -2.32. The molecule has 0 radical (unpaired) electrons. The van der Waals surface area contributed by atoms with Crippen LogP contribution in [0.2, 0.25) is 0 Å². The van der Waals surface area contributed by atoms with Crippen molar-refractivity contribution in [1.29, 1.82) is 0 Å². The third-order valence-corrected chi connectivity index (χ3v) is 4.73. The Bertz CT molecular complexity index is 670. The minimum absolute atomic E-state index is 0.0935. The highest BCUT2D eigenvalue weighted by atomic mass is 16.6. The molecule has 9 heteroatoms. The van der Waals surface area contributed by atoms with Crippen LogP contribution in [0.25, 0.3) is 0 Å². The summed E-state index contributed by atoms with van der Waals surface area (Å²) < 4.78 is 10.3. The SMILES string of the molecule is CCOC(=O)N1CCC(Nc2cc(C(=O)N3CCOCC3)nc(C)n2)CC1. The van der Waals surface area contributed by atoms with Crippen molar-refractivity contribution in [2.45, 2.75) is 32.7 Å². The highest BCUT2D eigenvalue weighted by molar-refractivity contribution is 5.93. The van der Waals surface area contributed by atoms with Crippen molar-refractivity contribution in [3.05, 3.63) is 17.6 Å². The molecule has 1 aromatic rings. The van der Waals surface area contributed by atoms with Gasteiger partial charge in [0.25, 0.3) is 5.91 Å². The van der Waals surface area contributed by atoms with Gasteiger partial charge in [0, 0.05) is 38.3 Å². The van der Waals surface area contributed by atoms with Gasteiger partial charge in [0.2, 0.25) is 0 Å². The number of piperidine rings is 1. The number of aryl methyl sites for hydroxylation is 1. The van der Waals surface area contributed by atoms with E-state index in [4.69, 9.17) is 9.47 Å². The van der Waals surface area contributed by atoms with E-state index in [0.29, 0.717) is 63.3 Å². The normalized spacial score (nSPS) is 18.3. The fraction of sp³-hybridized carbons (Fsp3) is 0.667. The highest BCUT2D eigenvalue weighted by Gasteiger charge is 2.25. The molecule has 148 valence electrons. The molecule has 2 aliphatic rings. The zero-order valence-corrected chi connectivity index (χ0v) is 15.9. The number of amides is 2. The van der Waals surface area contributed by atoms with Crippen molar-refractivity contribution in [3.8, 4) is 0 Å². The first kappa shape index (κ1) is 19.3. The van der Waals surface area contributed by atoms with Crippen LogP contribution in [0.4, 0.5) is 10.6 Å². The smallest absolute Gasteiger partial charge is 0.409 e. The van der Waals surface area contributed by atoms with E-state index in [1.807, 2.05) is 0 Å². The van der Waals surface area contributed by atoms with Gasteiger partial charge in [-0.3, -0.25) is 4.79 Å². The summed E-state index contributed by atoms with van der Waals surface area (Å²) >= 11 is 0. The maximum absolute atomic E-state index is 12.7. The van der Waals surface area contributed by atoms with Crippen LogP contribution in [0.3, 0.4) is 0 Å². The van der Waals surface area contributed by atoms with E-state index >= 15 is 0 Å². The van der Waals surface area contributed by atoms with Gasteiger partial charge in [-0.15, -0.1) is 0 Å². The standard InChI is InChI=1S/C18H27N5O4/c1-3-27-18(25)23-6-4-14(5-7-23)21-16-12-15(19-13(2)20-16)17(24)22-8-10-26-11-9-22/h12,14H,3-11H2,1-2H3,(H,19,20,21). The third-order valence-electron chi connectivity index (χ3n) is 4.73. The van der Waals surface area contributed by atoms with Gasteiger partial charge in [-0.2, -0.15) is 0 Å². The van der Waals surface area contributed by atoms with E-state index < -0.39 is 0 Å². The van der Waals surface area contributed by atoms with Gasteiger partial charge >= 0.3 is 6.09 Å². The number of rotatable bonds is 4. The van der Waals surface area contributed by atoms with Crippen molar-refractivity contribution in [2.24, 2.45) is 0 Å². The molecule has 0 spiro atoms. The lowest BCUT2D eigenvalue weighted by atomic mass is 10.1. The number of likely N-dealkylation sites (tertiary alicyclic amines) is 1. The predicted octanol–water partition coefficient (Wildman–Crippen LogP) is 1.29. The van der Waals surface area contributed by atoms with E-state index in [-0.39, 0.29) is 18.0 Å². The summed E-state index contributed by atoms with van der Waals surface area (Å²) in [5.74, 6) is 1.11. The zero-order valence-electron chi connectivity index (χ0n) is 15.9. The van der Waals surface area contributed by atoms with E-state index in [1.54, 1.807) is 29.7 Å². The maximum Gasteiger partial charge on any atom is 0.409 e. The van der Waals surface area contributed by atoms with E-state index in [2.05, 4.69) is 15.3 Å². The number of carbonyl (C=O) groups is 2. The topological polar surface area (TPSA) is 96.9 Å². The Hall–Kier alpha value is -2.42. The molecule has 27 heavy (non-hydrogen) atoms. The van der Waals surface area contributed by atoms with Crippen LogP contribution >= 0.6 is 0 Å². The maximum atomic E-state index is 12.7. The van der Waals surface area contributed by atoms with Crippen LogP contribution in [0.1, 0.15) is 36.1 Å². The summed E-state index contributed by atoms with van der Waals surface area (Å²) in [4.78, 5) is 36.7. The van der Waals surface area contributed by atoms with Crippen molar-refractivity contribution in [1.82, 2.24) is 19.8 Å². The molecule has 2 amide bonds. The first-order chi connectivity index (χ1) is 13.1. The van der Waals surface area contributed by atoms with Crippen molar-refractivity contribution in [3.63, 3.8) is 0 Å². The van der Waals surface area contributed by atoms with Crippen molar-refractivity contribution in [2.75, 3.05) is 51.3 Å². The Morgan fingerprint density at radius 1 is 1.19 bits per heavy atom. The molecule has 1 N–H and O–H groups in total. The Labute approximate surface area is 159 Å². The molecule has 9 nitrogen and oxygen atoms in total. The summed E-state index contributed by atoms with van der Waals surface area (Å²) in [6.45, 7) is 7.52. The summed E-state index contributed by atoms with van der Waals surface area (Å²) in [5, 5.41) is 3.39. The van der Waals surface area contributed by atoms with E-state index in [0.717, 1.165) is 12.8 Å². The van der Waals surface area contributed by atoms with Crippen LogP contribution in [0, 0.1) is 6.92 Å². The molecule has 2 fully saturated rings. The average molecular weight is 377 g/mol. The summed E-state index contributed by atoms with van der Waals surface area (Å²) in [6.07, 6.45) is 1.34. The Morgan fingerprint density at radius 2 is 1.89 bits per heavy atom. The van der Waals surface area contributed by atoms with Gasteiger partial charge in [0.05, 0.1) is 19.8 Å². The van der Waals surface area contributed by atoms with Crippen molar-refractivity contribution >= 4 is 17.8 Å². The minimum Gasteiger partial charge on any atom is -0.450 e. The molecule has 0 aromatic carbocycles. The monoisotopic (exact) mass is 377 g/mol. The first-order valence-electron chi connectivity index (χ1n) is 9.47. The Kier molecular flexibility index (Phi) is 6.44. The molecule has 3 heterocycles. The fourth-order valence-corrected chi connectivity index (χ4v) is 3.31. The van der Waals surface area contributed by atoms with E-state index in [9.17, 15) is 9.59 Å². The Balaban J connectivity index is 1.60. The number of nitrogens with one attached hydrogen (secondary N) is 1. The van der Waals surface area contributed by atoms with E-state index in [1.165, 1.54) is 0 Å². The largest absolute Gasteiger partial charge is 0.450 e. The van der Waals surface area contributed by atoms with Crippen LogP contribution < -0.4 is 5.32 Å². The van der Waals surface area contributed by atoms with Gasteiger partial charge in [0.1, 0.15) is 17.3 Å². The minimum atomic E-state index is -0.257. The fourth-order valence-electron chi connectivity index (χ4n) is 3.31. The highest BCUT2D eigenvalue weighted by Crippen LogP contribution is 2.17. The second-order valence-electron chi connectivity index (χ2n) is 6.69. The van der Waals surface area contributed by atoms with Gasteiger partial charge in [-0.25, -0.2) is 14.8 Å². The zero-order chi connectivity index (χ0) is 19.2. The number of hydrogen-bond donors (Lipinski definition) is 1. The van der Waals surface area contributed by atoms with Gasteiger partial charge in [-0.1, -0.05) is 0 Å². The molecule has 0 aliphatic carbocycles. The van der Waals surface area contributed by atoms with Gasteiger partial charge in [-0.05, 0) is 26.7 Å². The van der Waals surface area contributed by atoms with Gasteiger partial charge < -0.3 is 24.6 Å². The molecular weight excluding hydrogens is 350 g/mol. The molecule has 2 aliphatic heterocycles. The number of hydrogen-bond acceptors (Lipinski definition) is 7. The Morgan fingerprint density at radius 3 is 2.56 bits per heavy atom. The number of morpholine rings is 1. The van der Waals surface area contributed by atoms with Crippen LogP contribution in [0.5, 0.6) is 0 Å². The molecule has 0 bridgehead atoms. The van der Waals surface area contributed by atoms with Crippen LogP contribution in [-0.2, 0) is 9.47 Å². The number of ether oxygens (including phenoxy) is 2. The van der Waals surface area contributed by atoms with Crippen molar-refractivity contribution < 1.29 is 19.1 Å². The average Bonchev–Trinajstić information content (AvgIpc) is 2.68. The number of anilines is 1. The third kappa shape index (κ3) is 5.06. The van der Waals surface area contributed by atoms with Crippen LogP contribution in [0.15, 0.2) is 6.07 Å². The first-order valence-corrected chi connectivity index (χ1v) is 9.47. The number of nitrogens with zero attached hydrogens (tertiary/aromatic N) is 4. The molecule has 0 unspecified atom stereocenters. The molecule has 0 atom stereocenters. The summed E-state index contributed by atoms with van der Waals surface area (Å²) in [5.41, 5.74) is 0.399. The van der Waals surface area contributed by atoms with Gasteiger partial charge in [0.15, 0.2) is 0 Å². The summed E-state index contributed by atoms with van der Waals surface area (Å²) in [7, 11) is 0.